The van der Waals surface area contributed by atoms with Gasteiger partial charge in [0.25, 0.3) is 0 Å². The number of nitrogens with two attached hydrogens (primary N) is 1. The van der Waals surface area contributed by atoms with Gasteiger partial charge in [0.15, 0.2) is 0 Å². The third-order valence-electron chi connectivity index (χ3n) is 3.19. The monoisotopic (exact) mass is 384 g/mol. The summed E-state index contributed by atoms with van der Waals surface area (Å²) in [6.45, 7) is 3.53. The molecule has 10 nitrogen and oxygen atoms in total. The molecule has 27 heavy (non-hydrogen) atoms. The summed E-state index contributed by atoms with van der Waals surface area (Å²) in [6.07, 6.45) is -1.69. The van der Waals surface area contributed by atoms with Crippen molar-refractivity contribution in [3.05, 3.63) is 35.9 Å². The molecule has 0 radical (unpaired) electrons. The predicted octanol–water partition coefficient (Wildman–Crippen LogP) is 0.895. The van der Waals surface area contributed by atoms with Gasteiger partial charge in [0.1, 0.15) is 18.7 Å². The van der Waals surface area contributed by atoms with E-state index in [-0.39, 0.29) is 12.5 Å². The molecule has 0 aliphatic heterocycles. The maximum Gasteiger partial charge on any atom is 0.408 e. The second-order valence-electron chi connectivity index (χ2n) is 5.80. The van der Waals surface area contributed by atoms with Crippen molar-refractivity contribution in [3.8, 4) is 0 Å². The predicted molar refractivity (Wildman–Crippen MR) is 93.9 cm³/mol. The van der Waals surface area contributed by atoms with Crippen LogP contribution in [0.4, 0.5) is 4.79 Å². The second kappa shape index (κ2) is 12.3. The highest BCUT2D eigenvalue weighted by atomic mass is 16.5. The lowest BCUT2D eigenvalue weighted by atomic mass is 10.1. The Morgan fingerprint density at radius 3 is 1.96 bits per heavy atom. The van der Waals surface area contributed by atoms with E-state index in [9.17, 15) is 19.2 Å². The summed E-state index contributed by atoms with van der Waals surface area (Å²) >= 11 is 0. The number of nitrogens with one attached hydrogen (secondary N) is 1. The van der Waals surface area contributed by atoms with Crippen molar-refractivity contribution in [1.29, 1.82) is 0 Å². The molecule has 1 aromatic carbocycles. The zero-order chi connectivity index (χ0) is 21.0. The Morgan fingerprint density at radius 2 is 1.59 bits per heavy atom. The van der Waals surface area contributed by atoms with Crippen LogP contribution >= 0.6 is 0 Å². The van der Waals surface area contributed by atoms with Gasteiger partial charge in [-0.3, -0.25) is 9.59 Å². The van der Waals surface area contributed by atoms with E-state index in [2.05, 4.69) is 0 Å². The van der Waals surface area contributed by atoms with Crippen LogP contribution in [-0.4, -0.2) is 51.4 Å². The number of carboxylic acids is 3. The van der Waals surface area contributed by atoms with Gasteiger partial charge in [0.2, 0.25) is 0 Å². The molecule has 150 valence electrons. The first-order valence-electron chi connectivity index (χ1n) is 7.94. The van der Waals surface area contributed by atoms with Crippen molar-refractivity contribution >= 4 is 24.0 Å². The van der Waals surface area contributed by atoms with Crippen LogP contribution in [0.5, 0.6) is 0 Å². The van der Waals surface area contributed by atoms with Crippen LogP contribution in [0.2, 0.25) is 0 Å². The molecular formula is C17H24N2O8. The number of carbonyl (C=O) groups excluding carboxylic acids is 1. The van der Waals surface area contributed by atoms with E-state index in [0.717, 1.165) is 5.56 Å². The molecule has 0 saturated carbocycles. The molecule has 0 heterocycles. The maximum absolute atomic E-state index is 11.3. The normalized spacial score (nSPS) is 12.1. The number of hydrogen-bond acceptors (Lipinski definition) is 6. The minimum Gasteiger partial charge on any atom is -0.481 e. The minimum absolute atomic E-state index is 0.0208. The molecule has 1 rings (SSSR count). The summed E-state index contributed by atoms with van der Waals surface area (Å²) in [5.74, 6) is -3.66. The number of benzene rings is 1. The van der Waals surface area contributed by atoms with Crippen molar-refractivity contribution in [1.82, 2.24) is 5.32 Å². The van der Waals surface area contributed by atoms with Crippen LogP contribution in [-0.2, 0) is 25.7 Å². The summed E-state index contributed by atoms with van der Waals surface area (Å²) in [5, 5.41) is 27.4. The highest BCUT2D eigenvalue weighted by Gasteiger charge is 2.23. The van der Waals surface area contributed by atoms with E-state index in [1.54, 1.807) is 44.2 Å². The number of carbonyl (C=O) groups is 4. The van der Waals surface area contributed by atoms with Gasteiger partial charge in [-0.1, -0.05) is 44.2 Å². The zero-order valence-electron chi connectivity index (χ0n) is 15.0. The average Bonchev–Trinajstić information content (AvgIpc) is 2.59. The third-order valence-corrected chi connectivity index (χ3v) is 3.19. The van der Waals surface area contributed by atoms with Gasteiger partial charge in [-0.2, -0.15) is 0 Å². The SMILES string of the molecule is CC(C)[C@H](N)C(=O)O.O=C(O)C[C@H](NC(=O)OCc1ccccc1)C(=O)O. The van der Waals surface area contributed by atoms with Gasteiger partial charge in [0, 0.05) is 0 Å². The first-order chi connectivity index (χ1) is 12.5. The van der Waals surface area contributed by atoms with E-state index in [0.29, 0.717) is 0 Å². The van der Waals surface area contributed by atoms with E-state index in [4.69, 9.17) is 25.8 Å². The van der Waals surface area contributed by atoms with E-state index < -0.39 is 42.5 Å². The van der Waals surface area contributed by atoms with Gasteiger partial charge in [-0.15, -0.1) is 0 Å². The fourth-order valence-corrected chi connectivity index (χ4v) is 1.57. The molecule has 0 bridgehead atoms. The van der Waals surface area contributed by atoms with Crippen molar-refractivity contribution in [3.63, 3.8) is 0 Å². The van der Waals surface area contributed by atoms with Crippen molar-refractivity contribution in [2.24, 2.45) is 11.7 Å². The molecule has 6 N–H and O–H groups in total. The largest absolute Gasteiger partial charge is 0.481 e. The van der Waals surface area contributed by atoms with E-state index in [1.807, 2.05) is 5.32 Å². The topological polar surface area (TPSA) is 176 Å². The van der Waals surface area contributed by atoms with Crippen LogP contribution in [0, 0.1) is 5.92 Å². The molecule has 0 saturated heterocycles. The molecule has 0 unspecified atom stereocenters. The lowest BCUT2D eigenvalue weighted by Gasteiger charge is -2.12. The maximum atomic E-state index is 11.3. The standard InChI is InChI=1S/C12H13NO6.C5H11NO2/c14-10(15)6-9(11(16)17)13-12(18)19-7-8-4-2-1-3-5-8;1-3(2)4(6)5(7)8/h1-5,9H,6-7H2,(H,13,18)(H,14,15)(H,16,17);3-4H,6H2,1-2H3,(H,7,8)/t9-;4-/m00/s1. The van der Waals surface area contributed by atoms with Crippen molar-refractivity contribution in [2.75, 3.05) is 0 Å². The first kappa shape index (κ1) is 23.9. The Balaban J connectivity index is 0.000000713. The number of hydrogen-bond donors (Lipinski definition) is 5. The number of aliphatic carboxylic acids is 3. The van der Waals surface area contributed by atoms with Crippen LogP contribution in [0.1, 0.15) is 25.8 Å². The molecule has 2 atom stereocenters. The molecule has 0 aliphatic rings. The van der Waals surface area contributed by atoms with Gasteiger partial charge in [0.05, 0.1) is 6.42 Å². The highest BCUT2D eigenvalue weighted by Crippen LogP contribution is 2.01. The number of amides is 1. The van der Waals surface area contributed by atoms with Gasteiger partial charge in [-0.25, -0.2) is 9.59 Å². The summed E-state index contributed by atoms with van der Waals surface area (Å²) in [6, 6.07) is 6.58. The lowest BCUT2D eigenvalue weighted by Crippen LogP contribution is -2.42. The molecule has 1 aromatic rings. The molecule has 10 heteroatoms. The summed E-state index contributed by atoms with van der Waals surface area (Å²) < 4.78 is 4.78. The molecule has 0 aromatic heterocycles. The van der Waals surface area contributed by atoms with Crippen LogP contribution in [0.25, 0.3) is 0 Å². The Kier molecular flexibility index (Phi) is 10.8. The van der Waals surface area contributed by atoms with Crippen LogP contribution < -0.4 is 11.1 Å². The lowest BCUT2D eigenvalue weighted by molar-refractivity contribution is -0.145. The third kappa shape index (κ3) is 11.2. The number of carboxylic acid groups (broad SMARTS) is 3. The van der Waals surface area contributed by atoms with Crippen LogP contribution in [0.15, 0.2) is 30.3 Å². The van der Waals surface area contributed by atoms with Gasteiger partial charge in [-0.05, 0) is 11.5 Å². The quantitative estimate of drug-likeness (QED) is 0.435. The van der Waals surface area contributed by atoms with Gasteiger partial charge >= 0.3 is 24.0 Å². The van der Waals surface area contributed by atoms with E-state index >= 15 is 0 Å². The Morgan fingerprint density at radius 1 is 1.04 bits per heavy atom. The molecule has 0 fully saturated rings. The summed E-state index contributed by atoms with van der Waals surface area (Å²) in [5.41, 5.74) is 5.90. The minimum atomic E-state index is -1.51. The Labute approximate surface area is 155 Å². The second-order valence-corrected chi connectivity index (χ2v) is 5.80. The van der Waals surface area contributed by atoms with Crippen LogP contribution in [0.3, 0.4) is 0 Å². The summed E-state index contributed by atoms with van der Waals surface area (Å²) in [4.78, 5) is 42.5. The summed E-state index contributed by atoms with van der Waals surface area (Å²) in [7, 11) is 0. The fourth-order valence-electron chi connectivity index (χ4n) is 1.57. The molecule has 0 aliphatic carbocycles. The Bertz CT molecular complexity index is 633. The number of alkyl carbamates (subject to hydrolysis) is 1. The van der Waals surface area contributed by atoms with Crippen molar-refractivity contribution < 1.29 is 39.2 Å². The highest BCUT2D eigenvalue weighted by molar-refractivity contribution is 5.84. The molecule has 0 spiro atoms. The van der Waals surface area contributed by atoms with Crippen molar-refractivity contribution in [2.45, 2.75) is 39.0 Å². The zero-order valence-corrected chi connectivity index (χ0v) is 15.0. The van der Waals surface area contributed by atoms with Gasteiger partial charge < -0.3 is 31.1 Å². The number of ether oxygens (including phenoxy) is 1. The van der Waals surface area contributed by atoms with E-state index in [1.165, 1.54) is 0 Å². The molecule has 1 amide bonds. The Hall–Kier alpha value is -3.14. The average molecular weight is 384 g/mol. The number of rotatable bonds is 8. The first-order valence-corrected chi connectivity index (χ1v) is 7.94. The molecular weight excluding hydrogens is 360 g/mol. The fraction of sp³-hybridized carbons (Fsp3) is 0.412. The smallest absolute Gasteiger partial charge is 0.408 e.